The number of hydrogen-bond acceptors (Lipinski definition) is 2. The molecular weight excluding hydrogens is 162 g/mol. The average Bonchev–Trinajstić information content (AvgIpc) is 2.64. The maximum absolute atomic E-state index is 4.02. The first-order valence-electron chi connectivity index (χ1n) is 4.95. The van der Waals surface area contributed by atoms with Crippen LogP contribution in [0.15, 0.2) is 12.5 Å². The summed E-state index contributed by atoms with van der Waals surface area (Å²) in [5, 5.41) is 0. The van der Waals surface area contributed by atoms with Crippen molar-refractivity contribution in [1.29, 1.82) is 0 Å². The fraction of sp³-hybridized carbons (Fsp3) is 0.700. The Bertz CT molecular complexity index is 245. The second kappa shape index (κ2) is 3.50. The highest BCUT2D eigenvalue weighted by molar-refractivity contribution is 4.95. The maximum atomic E-state index is 4.02. The highest BCUT2D eigenvalue weighted by atomic mass is 15.2. The number of rotatable bonds is 2. The Hall–Kier alpha value is -0.830. The van der Waals surface area contributed by atoms with Crippen molar-refractivity contribution >= 4 is 0 Å². The van der Waals surface area contributed by atoms with Crippen molar-refractivity contribution in [3.63, 3.8) is 0 Å². The van der Waals surface area contributed by atoms with Crippen LogP contribution in [0.4, 0.5) is 0 Å². The molecule has 0 amide bonds. The van der Waals surface area contributed by atoms with Crippen LogP contribution in [0.3, 0.4) is 0 Å². The van der Waals surface area contributed by atoms with Crippen LogP contribution in [0.5, 0.6) is 0 Å². The summed E-state index contributed by atoms with van der Waals surface area (Å²) in [6.45, 7) is 8.13. The molecule has 2 rings (SSSR count). The van der Waals surface area contributed by atoms with E-state index in [4.69, 9.17) is 0 Å². The highest BCUT2D eigenvalue weighted by Gasteiger charge is 2.25. The number of nitrogens with one attached hydrogen (secondary N) is 1. The Labute approximate surface area is 79.2 Å². The lowest BCUT2D eigenvalue weighted by Crippen LogP contribution is -2.20. The largest absolute Gasteiger partial charge is 0.347 e. The molecule has 72 valence electrons. The third kappa shape index (κ3) is 1.91. The van der Waals surface area contributed by atoms with Crippen molar-refractivity contribution in [2.24, 2.45) is 11.8 Å². The molecule has 1 N–H and O–H groups in total. The fourth-order valence-electron chi connectivity index (χ4n) is 1.99. The zero-order chi connectivity index (χ0) is 9.26. The van der Waals surface area contributed by atoms with Gasteiger partial charge in [0.25, 0.3) is 0 Å². The first-order chi connectivity index (χ1) is 6.25. The minimum absolute atomic E-state index is 0.836. The lowest BCUT2D eigenvalue weighted by Gasteiger charge is -2.13. The molecule has 0 bridgehead atoms. The van der Waals surface area contributed by atoms with Gasteiger partial charge in [-0.3, -0.25) is 4.90 Å². The third-order valence-electron chi connectivity index (χ3n) is 3.01. The van der Waals surface area contributed by atoms with Crippen molar-refractivity contribution in [3.05, 3.63) is 18.2 Å². The van der Waals surface area contributed by atoms with E-state index in [0.717, 1.165) is 18.4 Å². The molecule has 13 heavy (non-hydrogen) atoms. The van der Waals surface area contributed by atoms with E-state index < -0.39 is 0 Å². The fourth-order valence-corrected chi connectivity index (χ4v) is 1.99. The molecule has 1 aromatic heterocycles. The number of aromatic amines is 1. The van der Waals surface area contributed by atoms with Crippen molar-refractivity contribution in [3.8, 4) is 0 Å². The minimum Gasteiger partial charge on any atom is -0.347 e. The monoisotopic (exact) mass is 179 g/mol. The quantitative estimate of drug-likeness (QED) is 0.746. The van der Waals surface area contributed by atoms with Gasteiger partial charge in [0.2, 0.25) is 0 Å². The number of hydrogen-bond donors (Lipinski definition) is 1. The molecule has 0 aromatic carbocycles. The van der Waals surface area contributed by atoms with Crippen LogP contribution in [-0.2, 0) is 6.54 Å². The van der Waals surface area contributed by atoms with E-state index in [0.29, 0.717) is 0 Å². The predicted molar refractivity (Wildman–Crippen MR) is 52.2 cm³/mol. The Morgan fingerprint density at radius 1 is 1.46 bits per heavy atom. The Morgan fingerprint density at radius 2 is 2.15 bits per heavy atom. The van der Waals surface area contributed by atoms with E-state index in [1.54, 1.807) is 6.33 Å². The summed E-state index contributed by atoms with van der Waals surface area (Å²) >= 11 is 0. The van der Waals surface area contributed by atoms with Crippen molar-refractivity contribution < 1.29 is 0 Å². The average molecular weight is 179 g/mol. The second-order valence-corrected chi connectivity index (χ2v) is 4.23. The summed E-state index contributed by atoms with van der Waals surface area (Å²) in [4.78, 5) is 9.65. The summed E-state index contributed by atoms with van der Waals surface area (Å²) < 4.78 is 0. The smallest absolute Gasteiger partial charge is 0.0922 e. The van der Waals surface area contributed by atoms with Crippen molar-refractivity contribution in [2.75, 3.05) is 13.1 Å². The van der Waals surface area contributed by atoms with Gasteiger partial charge in [0.1, 0.15) is 0 Å². The topological polar surface area (TPSA) is 31.9 Å². The Morgan fingerprint density at radius 3 is 2.69 bits per heavy atom. The molecule has 1 aliphatic rings. The van der Waals surface area contributed by atoms with Gasteiger partial charge < -0.3 is 4.98 Å². The SMILES string of the molecule is C[C@H]1CN(Cc2cnc[nH]2)C[C@@H]1C. The van der Waals surface area contributed by atoms with Crippen LogP contribution in [0.1, 0.15) is 19.5 Å². The molecule has 2 atom stereocenters. The molecule has 1 aliphatic heterocycles. The zero-order valence-electron chi connectivity index (χ0n) is 8.33. The molecule has 0 radical (unpaired) electrons. The van der Waals surface area contributed by atoms with Crippen molar-refractivity contribution in [2.45, 2.75) is 20.4 Å². The molecule has 0 spiro atoms. The molecule has 0 unspecified atom stereocenters. The van der Waals surface area contributed by atoms with E-state index in [1.165, 1.54) is 18.8 Å². The minimum atomic E-state index is 0.836. The number of H-pyrrole nitrogens is 1. The first kappa shape index (κ1) is 8.75. The van der Waals surface area contributed by atoms with E-state index in [1.807, 2.05) is 6.20 Å². The maximum Gasteiger partial charge on any atom is 0.0922 e. The normalized spacial score (nSPS) is 29.7. The van der Waals surface area contributed by atoms with Crippen LogP contribution in [-0.4, -0.2) is 28.0 Å². The van der Waals surface area contributed by atoms with E-state index >= 15 is 0 Å². The summed E-state index contributed by atoms with van der Waals surface area (Å²) in [6, 6.07) is 0. The lowest BCUT2D eigenvalue weighted by atomic mass is 10.0. The van der Waals surface area contributed by atoms with Crippen LogP contribution in [0, 0.1) is 11.8 Å². The number of nitrogens with zero attached hydrogens (tertiary/aromatic N) is 2. The van der Waals surface area contributed by atoms with Gasteiger partial charge in [-0.2, -0.15) is 0 Å². The zero-order valence-corrected chi connectivity index (χ0v) is 8.33. The van der Waals surface area contributed by atoms with E-state index in [2.05, 4.69) is 28.7 Å². The van der Waals surface area contributed by atoms with Gasteiger partial charge in [0.05, 0.1) is 6.33 Å². The first-order valence-corrected chi connectivity index (χ1v) is 4.95. The van der Waals surface area contributed by atoms with Gasteiger partial charge in [-0.1, -0.05) is 13.8 Å². The van der Waals surface area contributed by atoms with Gasteiger partial charge in [-0.15, -0.1) is 0 Å². The molecule has 2 heterocycles. The molecule has 1 aromatic rings. The van der Waals surface area contributed by atoms with Crippen LogP contribution >= 0.6 is 0 Å². The Balaban J connectivity index is 1.91. The Kier molecular flexibility index (Phi) is 2.36. The van der Waals surface area contributed by atoms with Crippen molar-refractivity contribution in [1.82, 2.24) is 14.9 Å². The molecule has 3 nitrogen and oxygen atoms in total. The molecule has 0 saturated carbocycles. The van der Waals surface area contributed by atoms with E-state index in [9.17, 15) is 0 Å². The second-order valence-electron chi connectivity index (χ2n) is 4.23. The number of imidazole rings is 1. The molecular formula is C10H17N3. The van der Waals surface area contributed by atoms with Gasteiger partial charge in [-0.25, -0.2) is 4.98 Å². The molecule has 0 aliphatic carbocycles. The summed E-state index contributed by atoms with van der Waals surface area (Å²) in [7, 11) is 0. The predicted octanol–water partition coefficient (Wildman–Crippen LogP) is 1.50. The van der Waals surface area contributed by atoms with Gasteiger partial charge in [0, 0.05) is 31.5 Å². The lowest BCUT2D eigenvalue weighted by molar-refractivity contribution is 0.313. The van der Waals surface area contributed by atoms with Crippen LogP contribution < -0.4 is 0 Å². The highest BCUT2D eigenvalue weighted by Crippen LogP contribution is 2.22. The van der Waals surface area contributed by atoms with E-state index in [-0.39, 0.29) is 0 Å². The summed E-state index contributed by atoms with van der Waals surface area (Å²) in [5.74, 6) is 1.67. The van der Waals surface area contributed by atoms with Gasteiger partial charge >= 0.3 is 0 Å². The van der Waals surface area contributed by atoms with Gasteiger partial charge in [0.15, 0.2) is 0 Å². The summed E-state index contributed by atoms with van der Waals surface area (Å²) in [6.07, 6.45) is 3.66. The van der Waals surface area contributed by atoms with Gasteiger partial charge in [-0.05, 0) is 11.8 Å². The molecule has 3 heteroatoms. The number of likely N-dealkylation sites (tertiary alicyclic amines) is 1. The summed E-state index contributed by atoms with van der Waals surface area (Å²) in [5.41, 5.74) is 1.22. The number of aromatic nitrogens is 2. The standard InChI is InChI=1S/C10H17N3/c1-8-4-13(5-9(8)2)6-10-3-11-7-12-10/h3,7-9H,4-6H2,1-2H3,(H,11,12)/t8-,9-/m0/s1. The van der Waals surface area contributed by atoms with Crippen LogP contribution in [0.2, 0.25) is 0 Å². The third-order valence-corrected chi connectivity index (χ3v) is 3.01. The molecule has 1 fully saturated rings. The molecule has 1 saturated heterocycles. The van der Waals surface area contributed by atoms with Crippen LogP contribution in [0.25, 0.3) is 0 Å².